The smallest absolute Gasteiger partial charge is 0.325 e. The van der Waals surface area contributed by atoms with Crippen LogP contribution in [0, 0.1) is 13.8 Å². The van der Waals surface area contributed by atoms with Crippen LogP contribution in [0.3, 0.4) is 0 Å². The molecule has 82 valence electrons. The molecule has 0 aliphatic heterocycles. The number of carbonyl (C=O) groups excluding carboxylic acids is 2. The van der Waals surface area contributed by atoms with Crippen molar-refractivity contribution in [2.24, 2.45) is 0 Å². The van der Waals surface area contributed by atoms with Crippen molar-refractivity contribution in [2.75, 3.05) is 13.7 Å². The maximum Gasteiger partial charge on any atom is 0.325 e. The first-order valence-corrected chi connectivity index (χ1v) is 4.46. The Balaban J connectivity index is 2.61. The zero-order chi connectivity index (χ0) is 11.4. The van der Waals surface area contributed by atoms with Crippen molar-refractivity contribution in [1.29, 1.82) is 0 Å². The number of carbonyl (C=O) groups is 2. The van der Waals surface area contributed by atoms with Crippen LogP contribution in [0.25, 0.3) is 0 Å². The zero-order valence-electron chi connectivity index (χ0n) is 8.92. The van der Waals surface area contributed by atoms with E-state index in [9.17, 15) is 9.59 Å². The third-order valence-corrected chi connectivity index (χ3v) is 1.91. The second-order valence-corrected chi connectivity index (χ2v) is 3.09. The van der Waals surface area contributed by atoms with Gasteiger partial charge in [-0.15, -0.1) is 0 Å². The number of nitrogens with one attached hydrogen (secondary N) is 1. The quantitative estimate of drug-likeness (QED) is 0.751. The van der Waals surface area contributed by atoms with E-state index in [1.54, 1.807) is 19.9 Å². The molecule has 0 radical (unpaired) electrons. The van der Waals surface area contributed by atoms with E-state index in [-0.39, 0.29) is 12.5 Å². The van der Waals surface area contributed by atoms with Crippen molar-refractivity contribution in [1.82, 2.24) is 5.32 Å². The highest BCUT2D eigenvalue weighted by Crippen LogP contribution is 2.12. The van der Waals surface area contributed by atoms with E-state index in [0.29, 0.717) is 17.1 Å². The van der Waals surface area contributed by atoms with Gasteiger partial charge in [-0.1, -0.05) is 0 Å². The summed E-state index contributed by atoms with van der Waals surface area (Å²) in [4.78, 5) is 22.3. The summed E-state index contributed by atoms with van der Waals surface area (Å²) in [7, 11) is 1.27. The molecular weight excluding hydrogens is 198 g/mol. The molecule has 1 rings (SSSR count). The average molecular weight is 211 g/mol. The summed E-state index contributed by atoms with van der Waals surface area (Å²) in [5, 5.41) is 2.43. The summed E-state index contributed by atoms with van der Waals surface area (Å²) in [6.07, 6.45) is 0. The molecule has 5 nitrogen and oxygen atoms in total. The molecule has 0 bridgehead atoms. The molecule has 1 aromatic heterocycles. The third-order valence-electron chi connectivity index (χ3n) is 1.91. The minimum absolute atomic E-state index is 0.140. The van der Waals surface area contributed by atoms with Gasteiger partial charge in [0, 0.05) is 0 Å². The summed E-state index contributed by atoms with van der Waals surface area (Å²) < 4.78 is 9.59. The van der Waals surface area contributed by atoms with E-state index in [4.69, 9.17) is 4.42 Å². The lowest BCUT2D eigenvalue weighted by Crippen LogP contribution is -2.30. The van der Waals surface area contributed by atoms with Gasteiger partial charge in [0.2, 0.25) is 0 Å². The average Bonchev–Trinajstić information content (AvgIpc) is 2.53. The molecule has 0 spiro atoms. The van der Waals surface area contributed by atoms with E-state index < -0.39 is 5.97 Å². The number of amides is 1. The highest BCUT2D eigenvalue weighted by Gasteiger charge is 2.13. The Morgan fingerprint density at radius 3 is 2.60 bits per heavy atom. The van der Waals surface area contributed by atoms with Crippen molar-refractivity contribution < 1.29 is 18.7 Å². The molecular formula is C10H13NO4. The van der Waals surface area contributed by atoms with Crippen LogP contribution < -0.4 is 5.32 Å². The molecule has 1 N–H and O–H groups in total. The summed E-state index contributed by atoms with van der Waals surface area (Å²) in [5.74, 6) is 0.376. The molecule has 1 amide bonds. The lowest BCUT2D eigenvalue weighted by molar-refractivity contribution is -0.139. The van der Waals surface area contributed by atoms with Crippen LogP contribution in [0.15, 0.2) is 10.5 Å². The van der Waals surface area contributed by atoms with Gasteiger partial charge < -0.3 is 14.5 Å². The Kier molecular flexibility index (Phi) is 3.49. The highest BCUT2D eigenvalue weighted by molar-refractivity contribution is 5.96. The number of furan rings is 1. The van der Waals surface area contributed by atoms with Gasteiger partial charge in [-0.2, -0.15) is 0 Å². The Morgan fingerprint density at radius 2 is 2.13 bits per heavy atom. The van der Waals surface area contributed by atoms with Gasteiger partial charge in [-0.25, -0.2) is 0 Å². The predicted molar refractivity (Wildman–Crippen MR) is 52.5 cm³/mol. The van der Waals surface area contributed by atoms with Gasteiger partial charge in [0.15, 0.2) is 0 Å². The predicted octanol–water partition coefficient (Wildman–Crippen LogP) is 0.799. The molecule has 15 heavy (non-hydrogen) atoms. The van der Waals surface area contributed by atoms with Crippen molar-refractivity contribution in [3.63, 3.8) is 0 Å². The second kappa shape index (κ2) is 4.63. The fourth-order valence-corrected chi connectivity index (χ4v) is 1.18. The van der Waals surface area contributed by atoms with Crippen molar-refractivity contribution >= 4 is 11.9 Å². The number of methoxy groups -OCH3 is 1. The van der Waals surface area contributed by atoms with Crippen molar-refractivity contribution in [2.45, 2.75) is 13.8 Å². The van der Waals surface area contributed by atoms with Gasteiger partial charge in [-0.3, -0.25) is 9.59 Å². The number of esters is 1. The molecule has 0 aliphatic rings. The summed E-state index contributed by atoms with van der Waals surface area (Å²) in [6, 6.07) is 1.63. The first-order chi connectivity index (χ1) is 7.04. The minimum Gasteiger partial charge on any atom is -0.468 e. The molecule has 0 saturated carbocycles. The van der Waals surface area contributed by atoms with Gasteiger partial charge in [0.25, 0.3) is 5.91 Å². The molecule has 1 heterocycles. The Bertz CT molecular complexity index is 381. The van der Waals surface area contributed by atoms with Crippen molar-refractivity contribution in [3.05, 3.63) is 23.2 Å². The van der Waals surface area contributed by atoms with Gasteiger partial charge >= 0.3 is 5.97 Å². The van der Waals surface area contributed by atoms with Crippen LogP contribution in [0.4, 0.5) is 0 Å². The molecule has 0 unspecified atom stereocenters. The maximum atomic E-state index is 11.5. The van der Waals surface area contributed by atoms with Gasteiger partial charge in [0.1, 0.15) is 18.1 Å². The van der Waals surface area contributed by atoms with Crippen LogP contribution in [0.1, 0.15) is 21.9 Å². The van der Waals surface area contributed by atoms with Crippen LogP contribution >= 0.6 is 0 Å². The summed E-state index contributed by atoms with van der Waals surface area (Å²) >= 11 is 0. The molecule has 5 heteroatoms. The number of rotatable bonds is 3. The molecule has 0 aliphatic carbocycles. The Morgan fingerprint density at radius 1 is 1.47 bits per heavy atom. The maximum absolute atomic E-state index is 11.5. The second-order valence-electron chi connectivity index (χ2n) is 3.09. The fraction of sp³-hybridized carbons (Fsp3) is 0.400. The molecule has 0 atom stereocenters. The lowest BCUT2D eigenvalue weighted by Gasteiger charge is -2.01. The third kappa shape index (κ3) is 2.83. The summed E-state index contributed by atoms with van der Waals surface area (Å²) in [5.41, 5.74) is 0.441. The van der Waals surface area contributed by atoms with Crippen LogP contribution in [-0.4, -0.2) is 25.5 Å². The van der Waals surface area contributed by atoms with Gasteiger partial charge in [0.05, 0.1) is 12.7 Å². The lowest BCUT2D eigenvalue weighted by atomic mass is 10.2. The molecule has 0 saturated heterocycles. The number of hydrogen-bond donors (Lipinski definition) is 1. The van der Waals surface area contributed by atoms with E-state index in [1.807, 2.05) is 0 Å². The number of ether oxygens (including phenoxy) is 1. The van der Waals surface area contributed by atoms with Gasteiger partial charge in [-0.05, 0) is 19.9 Å². The monoisotopic (exact) mass is 211 g/mol. The topological polar surface area (TPSA) is 68.5 Å². The minimum atomic E-state index is -0.485. The van der Waals surface area contributed by atoms with Crippen LogP contribution in [-0.2, 0) is 9.53 Å². The molecule has 1 aromatic rings. The first kappa shape index (κ1) is 11.3. The Hall–Kier alpha value is -1.78. The largest absolute Gasteiger partial charge is 0.468 e. The highest BCUT2D eigenvalue weighted by atomic mass is 16.5. The first-order valence-electron chi connectivity index (χ1n) is 4.46. The zero-order valence-corrected chi connectivity index (χ0v) is 8.92. The molecule has 0 fully saturated rings. The Labute approximate surface area is 87.4 Å². The number of aryl methyl sites for hydroxylation is 2. The fourth-order valence-electron chi connectivity index (χ4n) is 1.18. The van der Waals surface area contributed by atoms with E-state index in [2.05, 4.69) is 10.1 Å². The summed E-state index contributed by atoms with van der Waals surface area (Å²) in [6.45, 7) is 3.31. The van der Waals surface area contributed by atoms with E-state index in [1.165, 1.54) is 7.11 Å². The normalized spacial score (nSPS) is 9.80. The van der Waals surface area contributed by atoms with Crippen molar-refractivity contribution in [3.8, 4) is 0 Å². The van der Waals surface area contributed by atoms with E-state index >= 15 is 0 Å². The molecule has 0 aromatic carbocycles. The standard InChI is InChI=1S/C10H13NO4/c1-6-4-8(7(2)15-6)10(13)11-5-9(12)14-3/h4H,5H2,1-3H3,(H,11,13). The van der Waals surface area contributed by atoms with Crippen LogP contribution in [0.5, 0.6) is 0 Å². The van der Waals surface area contributed by atoms with Crippen LogP contribution in [0.2, 0.25) is 0 Å². The SMILES string of the molecule is COC(=O)CNC(=O)c1cc(C)oc1C. The van der Waals surface area contributed by atoms with E-state index in [0.717, 1.165) is 0 Å². The number of hydrogen-bond acceptors (Lipinski definition) is 4.